The quantitative estimate of drug-likeness (QED) is 0.567. The average Bonchev–Trinajstić information content (AvgIpc) is 3.14. The van der Waals surface area contributed by atoms with Crippen LogP contribution >= 0.6 is 23.1 Å². The zero-order valence-electron chi connectivity index (χ0n) is 15.6. The third-order valence-electron chi connectivity index (χ3n) is 4.71. The second-order valence-corrected chi connectivity index (χ2v) is 9.07. The number of rotatable bonds is 6. The molecule has 1 aliphatic rings. The Bertz CT molecular complexity index is 972. The topological polar surface area (TPSA) is 66.9 Å². The van der Waals surface area contributed by atoms with E-state index < -0.39 is 0 Å². The molecule has 0 radical (unpaired) electrons. The molecule has 2 aromatic carbocycles. The molecule has 0 saturated heterocycles. The van der Waals surface area contributed by atoms with Crippen molar-refractivity contribution in [2.24, 2.45) is 0 Å². The van der Waals surface area contributed by atoms with E-state index >= 15 is 0 Å². The van der Waals surface area contributed by atoms with Gasteiger partial charge in [-0.2, -0.15) is 0 Å². The van der Waals surface area contributed by atoms with Crippen LogP contribution in [0.1, 0.15) is 35.6 Å². The summed E-state index contributed by atoms with van der Waals surface area (Å²) in [5.74, 6) is 0.382. The lowest BCUT2D eigenvalue weighted by atomic mass is 9.88. The number of carbonyl (C=O) groups excluding carboxylic acids is 1. The van der Waals surface area contributed by atoms with Gasteiger partial charge in [-0.05, 0) is 55.0 Å². The molecule has 1 amide bonds. The van der Waals surface area contributed by atoms with Crippen LogP contribution in [0.25, 0.3) is 0 Å². The Labute approximate surface area is 173 Å². The standard InChI is InChI=1S/C21H22N4OS2/c1-14-6-4-9-16(12-14)22-20-24-25-21(28-20)27-13-19(26)23-18-11-5-8-15-7-2-3-10-17(15)18/h2-4,6-7,9-10,12,18H,5,8,11,13H2,1H3,(H,22,24)(H,23,26)/t18-/m0/s1. The number of thioether (sulfide) groups is 1. The van der Waals surface area contributed by atoms with Crippen LogP contribution in [0.5, 0.6) is 0 Å². The Hall–Kier alpha value is -2.38. The van der Waals surface area contributed by atoms with Gasteiger partial charge in [0, 0.05) is 5.69 Å². The summed E-state index contributed by atoms with van der Waals surface area (Å²) in [6.07, 6.45) is 3.20. The van der Waals surface area contributed by atoms with E-state index in [4.69, 9.17) is 0 Å². The number of aryl methyl sites for hydroxylation is 2. The lowest BCUT2D eigenvalue weighted by molar-refractivity contribution is -0.119. The van der Waals surface area contributed by atoms with Crippen molar-refractivity contribution in [2.75, 3.05) is 11.1 Å². The first-order chi connectivity index (χ1) is 13.7. The van der Waals surface area contributed by atoms with E-state index in [2.05, 4.69) is 58.1 Å². The molecule has 0 spiro atoms. The Morgan fingerprint density at radius 1 is 1.21 bits per heavy atom. The first kappa shape index (κ1) is 19.0. The number of hydrogen-bond donors (Lipinski definition) is 2. The molecule has 3 aromatic rings. The summed E-state index contributed by atoms with van der Waals surface area (Å²) in [4.78, 5) is 12.4. The first-order valence-electron chi connectivity index (χ1n) is 9.34. The minimum absolute atomic E-state index is 0.0371. The largest absolute Gasteiger partial charge is 0.349 e. The zero-order chi connectivity index (χ0) is 19.3. The van der Waals surface area contributed by atoms with Crippen molar-refractivity contribution in [3.8, 4) is 0 Å². The summed E-state index contributed by atoms with van der Waals surface area (Å²) in [7, 11) is 0. The summed E-state index contributed by atoms with van der Waals surface area (Å²) in [5, 5.41) is 15.5. The van der Waals surface area contributed by atoms with Crippen LogP contribution in [-0.2, 0) is 11.2 Å². The predicted octanol–water partition coefficient (Wildman–Crippen LogP) is 4.88. The van der Waals surface area contributed by atoms with E-state index in [9.17, 15) is 4.79 Å². The number of nitrogens with one attached hydrogen (secondary N) is 2. The summed E-state index contributed by atoms with van der Waals surface area (Å²) >= 11 is 2.89. The molecule has 1 atom stereocenters. The minimum atomic E-state index is 0.0371. The monoisotopic (exact) mass is 410 g/mol. The van der Waals surface area contributed by atoms with Crippen LogP contribution in [0, 0.1) is 6.92 Å². The van der Waals surface area contributed by atoms with E-state index in [0.29, 0.717) is 5.75 Å². The van der Waals surface area contributed by atoms with Crippen molar-refractivity contribution in [1.82, 2.24) is 15.5 Å². The third-order valence-corrected chi connectivity index (χ3v) is 6.68. The Kier molecular flexibility index (Phi) is 5.92. The number of fused-ring (bicyclic) bond motifs is 1. The molecule has 0 bridgehead atoms. The van der Waals surface area contributed by atoms with Crippen molar-refractivity contribution in [2.45, 2.75) is 36.6 Å². The molecule has 2 N–H and O–H groups in total. The lowest BCUT2D eigenvalue weighted by Gasteiger charge is -2.26. The van der Waals surface area contributed by atoms with Crippen molar-refractivity contribution in [1.29, 1.82) is 0 Å². The third kappa shape index (κ3) is 4.72. The van der Waals surface area contributed by atoms with Gasteiger partial charge in [0.15, 0.2) is 4.34 Å². The normalized spacial score (nSPS) is 15.7. The molecule has 1 aliphatic carbocycles. The summed E-state index contributed by atoms with van der Waals surface area (Å²) < 4.78 is 0.786. The van der Waals surface area contributed by atoms with Crippen molar-refractivity contribution >= 4 is 39.8 Å². The maximum Gasteiger partial charge on any atom is 0.230 e. The Balaban J connectivity index is 1.30. The smallest absolute Gasteiger partial charge is 0.230 e. The minimum Gasteiger partial charge on any atom is -0.349 e. The highest BCUT2D eigenvalue weighted by Crippen LogP contribution is 2.30. The SMILES string of the molecule is Cc1cccc(Nc2nnc(SCC(=O)N[C@H]3CCCc4ccccc43)s2)c1. The van der Waals surface area contributed by atoms with E-state index in [1.165, 1.54) is 39.8 Å². The maximum absolute atomic E-state index is 12.4. The lowest BCUT2D eigenvalue weighted by Crippen LogP contribution is -2.32. The Morgan fingerprint density at radius 3 is 3.00 bits per heavy atom. The van der Waals surface area contributed by atoms with Gasteiger partial charge in [0.25, 0.3) is 0 Å². The van der Waals surface area contributed by atoms with Crippen LogP contribution in [-0.4, -0.2) is 21.9 Å². The van der Waals surface area contributed by atoms with Gasteiger partial charge in [-0.1, -0.05) is 59.5 Å². The second kappa shape index (κ2) is 8.75. The fourth-order valence-electron chi connectivity index (χ4n) is 3.43. The van der Waals surface area contributed by atoms with E-state index in [1.807, 2.05) is 18.2 Å². The van der Waals surface area contributed by atoms with Crippen LogP contribution in [0.3, 0.4) is 0 Å². The molecule has 0 fully saturated rings. The maximum atomic E-state index is 12.4. The molecule has 4 rings (SSSR count). The van der Waals surface area contributed by atoms with Gasteiger partial charge in [-0.25, -0.2) is 0 Å². The van der Waals surface area contributed by atoms with Crippen LogP contribution in [0.4, 0.5) is 10.8 Å². The van der Waals surface area contributed by atoms with Gasteiger partial charge in [0.1, 0.15) is 0 Å². The van der Waals surface area contributed by atoms with E-state index in [1.54, 1.807) is 0 Å². The molecule has 1 aromatic heterocycles. The highest BCUT2D eigenvalue weighted by molar-refractivity contribution is 8.01. The number of amides is 1. The van der Waals surface area contributed by atoms with Gasteiger partial charge >= 0.3 is 0 Å². The number of aromatic nitrogens is 2. The van der Waals surface area contributed by atoms with E-state index in [0.717, 1.165) is 34.4 Å². The van der Waals surface area contributed by atoms with Crippen LogP contribution in [0.15, 0.2) is 52.9 Å². The van der Waals surface area contributed by atoms with Gasteiger partial charge in [-0.15, -0.1) is 10.2 Å². The van der Waals surface area contributed by atoms with Crippen LogP contribution < -0.4 is 10.6 Å². The van der Waals surface area contributed by atoms with Crippen molar-refractivity contribution in [3.63, 3.8) is 0 Å². The second-order valence-electron chi connectivity index (χ2n) is 6.87. The molecule has 0 unspecified atom stereocenters. The average molecular weight is 411 g/mol. The fourth-order valence-corrected chi connectivity index (χ4v) is 5.02. The molecular weight excluding hydrogens is 388 g/mol. The Morgan fingerprint density at radius 2 is 2.11 bits per heavy atom. The molecule has 1 heterocycles. The van der Waals surface area contributed by atoms with Crippen molar-refractivity contribution in [3.05, 3.63) is 65.2 Å². The molecule has 144 valence electrons. The van der Waals surface area contributed by atoms with Gasteiger partial charge in [0.2, 0.25) is 11.0 Å². The fraction of sp³-hybridized carbons (Fsp3) is 0.286. The summed E-state index contributed by atoms with van der Waals surface area (Å²) in [5.41, 5.74) is 4.78. The first-order valence-corrected chi connectivity index (χ1v) is 11.1. The zero-order valence-corrected chi connectivity index (χ0v) is 17.3. The number of carbonyl (C=O) groups is 1. The molecule has 7 heteroatoms. The highest BCUT2D eigenvalue weighted by Gasteiger charge is 2.21. The molecule has 5 nitrogen and oxygen atoms in total. The molecule has 0 saturated carbocycles. The molecular formula is C21H22N4OS2. The van der Waals surface area contributed by atoms with Gasteiger partial charge < -0.3 is 10.6 Å². The van der Waals surface area contributed by atoms with Gasteiger partial charge in [0.05, 0.1) is 11.8 Å². The van der Waals surface area contributed by atoms with Crippen LogP contribution in [0.2, 0.25) is 0 Å². The molecule has 0 aliphatic heterocycles. The van der Waals surface area contributed by atoms with E-state index in [-0.39, 0.29) is 11.9 Å². The summed E-state index contributed by atoms with van der Waals surface area (Å²) in [6, 6.07) is 16.6. The highest BCUT2D eigenvalue weighted by atomic mass is 32.2. The number of hydrogen-bond acceptors (Lipinski definition) is 6. The number of anilines is 2. The predicted molar refractivity (Wildman–Crippen MR) is 115 cm³/mol. The number of nitrogens with zero attached hydrogens (tertiary/aromatic N) is 2. The number of benzene rings is 2. The van der Waals surface area contributed by atoms with Crippen molar-refractivity contribution < 1.29 is 4.79 Å². The molecule has 28 heavy (non-hydrogen) atoms. The summed E-state index contributed by atoms with van der Waals surface area (Å²) in [6.45, 7) is 2.05. The van der Waals surface area contributed by atoms with Gasteiger partial charge in [-0.3, -0.25) is 4.79 Å².